The lowest BCUT2D eigenvalue weighted by molar-refractivity contribution is -0.140. The summed E-state index contributed by atoms with van der Waals surface area (Å²) in [4.78, 5) is 80.5. The van der Waals surface area contributed by atoms with E-state index in [1.165, 1.54) is 11.8 Å². The number of carboxylic acid groups (broad SMARTS) is 3. The number of hydrogen-bond acceptors (Lipinski definition) is 14. The average molecular weight is 863 g/mol. The van der Waals surface area contributed by atoms with Gasteiger partial charge in [-0.15, -0.1) is 22.7 Å². The maximum Gasteiger partial charge on any atom is 0.323 e. The zero-order valence-electron chi connectivity index (χ0n) is 27.8. The lowest BCUT2D eigenvalue weighted by Gasteiger charge is -2.20. The monoisotopic (exact) mass is 862 g/mol. The van der Waals surface area contributed by atoms with E-state index >= 15 is 0 Å². The molecule has 0 atom stereocenters. The van der Waals surface area contributed by atoms with Crippen LogP contribution in [0.3, 0.4) is 0 Å². The van der Waals surface area contributed by atoms with Crippen molar-refractivity contribution in [2.24, 2.45) is 0 Å². The predicted octanol–water partition coefficient (Wildman–Crippen LogP) is 1.57. The number of amides is 1. The number of nitrogens with zero attached hydrogens (tertiary/aromatic N) is 4. The zero-order valence-corrected chi connectivity index (χ0v) is 32.7. The van der Waals surface area contributed by atoms with Crippen LogP contribution in [0.2, 0.25) is 0 Å². The van der Waals surface area contributed by atoms with Crippen molar-refractivity contribution in [2.75, 3.05) is 23.7 Å². The average Bonchev–Trinajstić information content (AvgIpc) is 3.81. The Labute approximate surface area is 331 Å². The number of para-hydroxylation sites is 1. The summed E-state index contributed by atoms with van der Waals surface area (Å²) in [5.41, 5.74) is -0.125. The van der Waals surface area contributed by atoms with E-state index in [0.717, 1.165) is 36.0 Å². The maximum atomic E-state index is 14.4. The molecule has 0 spiro atoms. The summed E-state index contributed by atoms with van der Waals surface area (Å²) >= 11 is 8.63. The number of allylic oxidation sites excluding steroid dienone is 1. The van der Waals surface area contributed by atoms with Crippen molar-refractivity contribution in [3.63, 3.8) is 0 Å². The number of carboxylic acids is 3. The SMILES string of the molecule is O=C(O)CN1C(=O)/C(=c2\s/c(=c3/s/c(=C(/C=C4\Sc5ccccc5N4CCCS(=O)(=O)O)c4ccccc4)c(=O)n3CC(=O)O)c(=O)n2CC(=O)O)SC1=S. The van der Waals surface area contributed by atoms with E-state index < -0.39 is 70.4 Å². The molecule has 286 valence electrons. The third kappa shape index (κ3) is 8.54. The Balaban J connectivity index is 1.69. The number of anilines is 1. The van der Waals surface area contributed by atoms with Crippen molar-refractivity contribution in [1.82, 2.24) is 14.0 Å². The van der Waals surface area contributed by atoms with Crippen molar-refractivity contribution in [1.29, 1.82) is 0 Å². The number of carbonyl (C=O) groups is 4. The van der Waals surface area contributed by atoms with Crippen molar-refractivity contribution >= 4 is 113 Å². The van der Waals surface area contributed by atoms with E-state index in [2.05, 4.69) is 0 Å². The fourth-order valence-electron chi connectivity index (χ4n) is 5.64. The smallest absolute Gasteiger partial charge is 0.323 e. The first kappa shape index (κ1) is 39.8. The summed E-state index contributed by atoms with van der Waals surface area (Å²) < 4.78 is 33.4. The number of thiazole rings is 2. The van der Waals surface area contributed by atoms with Crippen LogP contribution >= 0.6 is 58.4 Å². The second-order valence-corrected chi connectivity index (χ2v) is 17.9. The van der Waals surface area contributed by atoms with Crippen LogP contribution in [-0.2, 0) is 42.4 Å². The van der Waals surface area contributed by atoms with E-state index in [4.69, 9.17) is 12.2 Å². The third-order valence-corrected chi connectivity index (χ3v) is 13.9. The Morgan fingerprint density at radius 2 is 1.38 bits per heavy atom. The fraction of sp³-hybridized carbons (Fsp3) is 0.182. The molecule has 0 saturated carbocycles. The number of carbonyl (C=O) groups excluding carboxylic acids is 1. The quantitative estimate of drug-likeness (QED) is 0.117. The molecule has 2 aliphatic rings. The van der Waals surface area contributed by atoms with Gasteiger partial charge in [-0.2, -0.15) is 8.42 Å². The van der Waals surface area contributed by atoms with Crippen molar-refractivity contribution in [2.45, 2.75) is 24.4 Å². The first-order valence-electron chi connectivity index (χ1n) is 15.7. The highest BCUT2D eigenvalue weighted by atomic mass is 32.2. The van der Waals surface area contributed by atoms with E-state index in [1.54, 1.807) is 42.5 Å². The molecule has 0 bridgehead atoms. The van der Waals surface area contributed by atoms with Gasteiger partial charge in [0.25, 0.3) is 27.1 Å². The molecule has 0 unspecified atom stereocenters. The van der Waals surface area contributed by atoms with E-state index in [0.29, 0.717) is 39.3 Å². The van der Waals surface area contributed by atoms with Crippen LogP contribution in [0.5, 0.6) is 0 Å². The second-order valence-electron chi connectivity index (χ2n) is 11.6. The standard InChI is InChI=1S/C33H26N4O12S6/c38-22(39)14-35-28(44)25(52-31(35)26-29(45)36(15-23(40)41)32(53-26)27-30(46)37(16-24(42)43)33(50)54-27)18(17-7-2-1-3-8-17)13-21-34(11-6-12-55(47,48)49)19-9-4-5-10-20(19)51-21/h1-5,7-10,13H,6,11-12,14-16H2,(H,38,39)(H,40,41)(H,42,43)(H,47,48,49)/b21-13-,25-18-,31-26+,32-27+. The number of hydrogen-bond donors (Lipinski definition) is 4. The summed E-state index contributed by atoms with van der Waals surface area (Å²) in [7, 11) is -4.26. The van der Waals surface area contributed by atoms with E-state index in [-0.39, 0.29) is 40.6 Å². The summed E-state index contributed by atoms with van der Waals surface area (Å²) in [6, 6.07) is 15.9. The van der Waals surface area contributed by atoms with Gasteiger partial charge < -0.3 is 20.2 Å². The minimum Gasteiger partial charge on any atom is -0.480 e. The number of aliphatic carboxylic acids is 3. The molecule has 22 heteroatoms. The van der Waals surface area contributed by atoms with Crippen LogP contribution in [-0.4, -0.2) is 89.3 Å². The summed E-state index contributed by atoms with van der Waals surface area (Å²) in [6.45, 7) is -2.43. The fourth-order valence-corrected chi connectivity index (χ4v) is 11.1. The lowest BCUT2D eigenvalue weighted by atomic mass is 10.1. The second kappa shape index (κ2) is 16.1. The van der Waals surface area contributed by atoms with Crippen LogP contribution in [0.1, 0.15) is 12.0 Å². The zero-order chi connectivity index (χ0) is 39.8. The number of thioether (sulfide) groups is 2. The lowest BCUT2D eigenvalue weighted by Crippen LogP contribution is -2.35. The molecular weight excluding hydrogens is 837 g/mol. The molecular formula is C33H26N4O12S6. The largest absolute Gasteiger partial charge is 0.480 e. The normalized spacial score (nSPS) is 17.2. The Hall–Kier alpha value is -4.84. The van der Waals surface area contributed by atoms with Gasteiger partial charge in [-0.25, -0.2) is 0 Å². The van der Waals surface area contributed by atoms with Gasteiger partial charge >= 0.3 is 17.9 Å². The van der Waals surface area contributed by atoms with Gasteiger partial charge in [0.15, 0.2) is 0 Å². The molecule has 0 radical (unpaired) electrons. The molecule has 2 aromatic heterocycles. The molecule has 1 amide bonds. The maximum absolute atomic E-state index is 14.4. The summed E-state index contributed by atoms with van der Waals surface area (Å²) in [5.74, 6) is -5.61. The van der Waals surface area contributed by atoms with Gasteiger partial charge in [0.2, 0.25) is 0 Å². The molecule has 4 aromatic rings. The van der Waals surface area contributed by atoms with Gasteiger partial charge in [0.05, 0.1) is 16.5 Å². The Morgan fingerprint density at radius 3 is 2.02 bits per heavy atom. The van der Waals surface area contributed by atoms with E-state index in [9.17, 15) is 57.1 Å². The number of fused-ring (bicyclic) bond motifs is 1. The van der Waals surface area contributed by atoms with Crippen molar-refractivity contribution < 1.29 is 47.5 Å². The molecule has 4 N–H and O–H groups in total. The van der Waals surface area contributed by atoms with Crippen LogP contribution in [0.4, 0.5) is 5.69 Å². The molecule has 2 aliphatic heterocycles. The number of rotatable bonds is 12. The summed E-state index contributed by atoms with van der Waals surface area (Å²) in [6.07, 6.45) is 1.75. The first-order valence-corrected chi connectivity index (χ1v) is 21.0. The Morgan fingerprint density at radius 1 is 0.764 bits per heavy atom. The molecule has 0 aliphatic carbocycles. The van der Waals surface area contributed by atoms with Gasteiger partial charge in [0, 0.05) is 17.0 Å². The third-order valence-electron chi connectivity index (χ3n) is 7.90. The number of benzene rings is 2. The van der Waals surface area contributed by atoms with Crippen molar-refractivity contribution in [3.8, 4) is 0 Å². The van der Waals surface area contributed by atoms with Gasteiger partial charge in [-0.3, -0.25) is 47.4 Å². The Kier molecular flexibility index (Phi) is 11.7. The van der Waals surface area contributed by atoms with E-state index in [1.807, 2.05) is 23.1 Å². The minimum atomic E-state index is -4.26. The highest BCUT2D eigenvalue weighted by Gasteiger charge is 2.36. The van der Waals surface area contributed by atoms with Gasteiger partial charge in [0.1, 0.15) is 47.3 Å². The number of thiocarbonyl (C=S) groups is 1. The van der Waals surface area contributed by atoms with Crippen molar-refractivity contribution in [3.05, 3.63) is 110 Å². The van der Waals surface area contributed by atoms with Crippen LogP contribution in [0.25, 0.3) is 10.5 Å². The van der Waals surface area contributed by atoms with Gasteiger partial charge in [-0.05, 0) is 30.2 Å². The molecule has 1 fully saturated rings. The topological polar surface area (TPSA) is 234 Å². The molecule has 1 saturated heterocycles. The summed E-state index contributed by atoms with van der Waals surface area (Å²) in [5, 5.41) is 29.5. The predicted molar refractivity (Wildman–Crippen MR) is 210 cm³/mol. The van der Waals surface area contributed by atoms with Crippen LogP contribution in [0, 0.1) is 9.20 Å². The number of aromatic nitrogens is 2. The molecule has 16 nitrogen and oxygen atoms in total. The molecule has 2 aromatic carbocycles. The minimum absolute atomic E-state index is 0.0105. The molecule has 4 heterocycles. The van der Waals surface area contributed by atoms with Gasteiger partial charge in [-0.1, -0.05) is 78.2 Å². The Bertz CT molecular complexity index is 2790. The highest BCUT2D eigenvalue weighted by Crippen LogP contribution is 2.46. The first-order chi connectivity index (χ1) is 26.0. The molecule has 55 heavy (non-hydrogen) atoms. The van der Waals surface area contributed by atoms with Crippen LogP contribution < -0.4 is 25.2 Å². The highest BCUT2D eigenvalue weighted by molar-refractivity contribution is 8.30. The van der Waals surface area contributed by atoms with Crippen LogP contribution in [0.15, 0.2) is 80.2 Å². The molecule has 6 rings (SSSR count).